The van der Waals surface area contributed by atoms with Gasteiger partial charge in [-0.1, -0.05) is 18.2 Å². The summed E-state index contributed by atoms with van der Waals surface area (Å²) in [5.74, 6) is 1.21. The first-order chi connectivity index (χ1) is 20.1. The molecule has 1 atom stereocenters. The molecule has 41 heavy (non-hydrogen) atoms. The molecule has 7 rings (SSSR count). The van der Waals surface area contributed by atoms with Crippen molar-refractivity contribution in [2.24, 2.45) is 0 Å². The van der Waals surface area contributed by atoms with Gasteiger partial charge >= 0.3 is 0 Å². The van der Waals surface area contributed by atoms with E-state index in [1.807, 2.05) is 35.9 Å². The molecular weight excluding hydrogens is 518 g/mol. The average Bonchev–Trinajstić information content (AvgIpc) is 3.64. The SMILES string of the molecule is CC=CN1CCC[C@@H](n2nc(-c3ccc(NC(=O)c4cccc5c4CCCC5)c4c3OCO4)c3c(N)ncnc32)C1. The molecule has 0 unspecified atom stereocenters. The van der Waals surface area contributed by atoms with E-state index in [2.05, 4.69) is 38.5 Å². The number of hydrogen-bond acceptors (Lipinski definition) is 8. The third kappa shape index (κ3) is 4.43. The van der Waals surface area contributed by atoms with Gasteiger partial charge in [0, 0.05) is 24.2 Å². The number of anilines is 2. The van der Waals surface area contributed by atoms with Gasteiger partial charge in [-0.25, -0.2) is 14.6 Å². The van der Waals surface area contributed by atoms with Gasteiger partial charge in [-0.3, -0.25) is 4.79 Å². The predicted octanol–water partition coefficient (Wildman–Crippen LogP) is 5.11. The maximum absolute atomic E-state index is 13.4. The van der Waals surface area contributed by atoms with Crippen molar-refractivity contribution in [3.8, 4) is 22.8 Å². The van der Waals surface area contributed by atoms with Crippen molar-refractivity contribution in [2.45, 2.75) is 51.5 Å². The minimum absolute atomic E-state index is 0.0432. The smallest absolute Gasteiger partial charge is 0.256 e. The number of hydrogen-bond donors (Lipinski definition) is 2. The Kier molecular flexibility index (Phi) is 6.45. The number of likely N-dealkylation sites (tertiary alicyclic amines) is 1. The van der Waals surface area contributed by atoms with Gasteiger partial charge < -0.3 is 25.4 Å². The molecule has 1 aliphatic carbocycles. The highest BCUT2D eigenvalue weighted by molar-refractivity contribution is 6.07. The van der Waals surface area contributed by atoms with Gasteiger partial charge in [-0.15, -0.1) is 0 Å². The highest BCUT2D eigenvalue weighted by Gasteiger charge is 2.30. The Hall–Kier alpha value is -4.60. The summed E-state index contributed by atoms with van der Waals surface area (Å²) in [6.07, 6.45) is 11.9. The van der Waals surface area contributed by atoms with Gasteiger partial charge in [0.1, 0.15) is 17.8 Å². The monoisotopic (exact) mass is 551 g/mol. The average molecular weight is 552 g/mol. The van der Waals surface area contributed by atoms with E-state index in [9.17, 15) is 4.79 Å². The number of fused-ring (bicyclic) bond motifs is 3. The van der Waals surface area contributed by atoms with Crippen LogP contribution in [0.1, 0.15) is 60.1 Å². The number of nitrogen functional groups attached to an aromatic ring is 1. The van der Waals surface area contributed by atoms with Crippen LogP contribution in [0.4, 0.5) is 11.5 Å². The van der Waals surface area contributed by atoms with Crippen LogP contribution < -0.4 is 20.5 Å². The lowest BCUT2D eigenvalue weighted by Gasteiger charge is -2.32. The lowest BCUT2D eigenvalue weighted by atomic mass is 9.88. The van der Waals surface area contributed by atoms with Gasteiger partial charge in [-0.05, 0) is 81.0 Å². The zero-order valence-corrected chi connectivity index (χ0v) is 23.1. The first-order valence-electron chi connectivity index (χ1n) is 14.3. The molecule has 1 saturated heterocycles. The summed E-state index contributed by atoms with van der Waals surface area (Å²) in [5.41, 5.74) is 12.1. The molecule has 4 heterocycles. The molecule has 3 aliphatic rings. The van der Waals surface area contributed by atoms with E-state index in [0.717, 1.165) is 62.7 Å². The van der Waals surface area contributed by atoms with Gasteiger partial charge in [0.25, 0.3) is 5.91 Å². The van der Waals surface area contributed by atoms with E-state index in [1.54, 1.807) is 0 Å². The molecule has 1 amide bonds. The fourth-order valence-electron chi connectivity index (χ4n) is 6.43. The molecule has 210 valence electrons. The first kappa shape index (κ1) is 25.4. The van der Waals surface area contributed by atoms with Crippen LogP contribution >= 0.6 is 0 Å². The minimum atomic E-state index is -0.149. The number of ether oxygens (including phenoxy) is 2. The molecule has 2 aromatic carbocycles. The van der Waals surface area contributed by atoms with E-state index < -0.39 is 0 Å². The standard InChI is InChI=1S/C31H33N7O3/c1-2-14-37-15-6-9-20(16-37)38-30-25(29(32)33-17-34-30)26(36-38)23-12-13-24(28-27(23)40-18-41-28)35-31(39)22-11-5-8-19-7-3-4-10-21(19)22/h2,5,8,11-14,17,20H,3-4,6-7,9-10,15-16,18H2,1H3,(H,35,39)(H2,32,33,34)/t20-/m1/s1. The summed E-state index contributed by atoms with van der Waals surface area (Å²) >= 11 is 0. The molecule has 4 aromatic rings. The Balaban J connectivity index is 1.27. The summed E-state index contributed by atoms with van der Waals surface area (Å²) in [4.78, 5) is 24.6. The number of nitrogens with one attached hydrogen (secondary N) is 1. The zero-order chi connectivity index (χ0) is 27.9. The second-order valence-corrected chi connectivity index (χ2v) is 10.9. The molecule has 10 heteroatoms. The molecule has 10 nitrogen and oxygen atoms in total. The van der Waals surface area contributed by atoms with Crippen molar-refractivity contribution >= 4 is 28.4 Å². The molecule has 0 bridgehead atoms. The van der Waals surface area contributed by atoms with E-state index in [-0.39, 0.29) is 18.7 Å². The number of rotatable bonds is 5. The summed E-state index contributed by atoms with van der Waals surface area (Å²) in [5, 5.41) is 8.82. The Labute approximate surface area is 238 Å². The number of amides is 1. The Morgan fingerprint density at radius 3 is 2.88 bits per heavy atom. The van der Waals surface area contributed by atoms with Crippen molar-refractivity contribution in [2.75, 3.05) is 30.9 Å². The Morgan fingerprint density at radius 2 is 1.98 bits per heavy atom. The lowest BCUT2D eigenvalue weighted by Crippen LogP contribution is -2.33. The normalized spacial score (nSPS) is 18.2. The summed E-state index contributed by atoms with van der Waals surface area (Å²) < 4.78 is 13.9. The van der Waals surface area contributed by atoms with Crippen molar-refractivity contribution < 1.29 is 14.3 Å². The van der Waals surface area contributed by atoms with Crippen LogP contribution in [0, 0.1) is 0 Å². The lowest BCUT2D eigenvalue weighted by molar-refractivity contribution is 0.102. The highest BCUT2D eigenvalue weighted by Crippen LogP contribution is 2.48. The van der Waals surface area contributed by atoms with E-state index in [0.29, 0.717) is 45.3 Å². The molecular formula is C31H33N7O3. The van der Waals surface area contributed by atoms with Crippen LogP contribution in [-0.2, 0) is 12.8 Å². The molecule has 0 saturated carbocycles. The summed E-state index contributed by atoms with van der Waals surface area (Å²) in [6, 6.07) is 9.86. The Bertz CT molecular complexity index is 1680. The number of carbonyl (C=O) groups excluding carboxylic acids is 1. The number of aryl methyl sites for hydroxylation is 1. The fraction of sp³-hybridized carbons (Fsp3) is 0.355. The van der Waals surface area contributed by atoms with E-state index in [1.165, 1.54) is 11.9 Å². The molecule has 0 spiro atoms. The molecule has 0 radical (unpaired) electrons. The van der Waals surface area contributed by atoms with Gasteiger partial charge in [-0.2, -0.15) is 5.10 Å². The van der Waals surface area contributed by atoms with Crippen LogP contribution in [0.3, 0.4) is 0 Å². The molecule has 2 aromatic heterocycles. The number of benzene rings is 2. The summed E-state index contributed by atoms with van der Waals surface area (Å²) in [6.45, 7) is 3.92. The second kappa shape index (κ2) is 10.4. The van der Waals surface area contributed by atoms with Gasteiger partial charge in [0.15, 0.2) is 17.1 Å². The van der Waals surface area contributed by atoms with Crippen molar-refractivity contribution in [1.82, 2.24) is 24.6 Å². The third-order valence-electron chi connectivity index (χ3n) is 8.31. The number of nitrogens with zero attached hydrogens (tertiary/aromatic N) is 5. The van der Waals surface area contributed by atoms with Crippen LogP contribution in [0.5, 0.6) is 11.5 Å². The van der Waals surface area contributed by atoms with Crippen molar-refractivity contribution in [3.05, 3.63) is 65.6 Å². The number of piperidine rings is 1. The number of nitrogens with two attached hydrogens (primary N) is 1. The fourth-order valence-corrected chi connectivity index (χ4v) is 6.43. The molecule has 3 N–H and O–H groups in total. The summed E-state index contributed by atoms with van der Waals surface area (Å²) in [7, 11) is 0. The van der Waals surface area contributed by atoms with Crippen LogP contribution in [0.15, 0.2) is 48.9 Å². The predicted molar refractivity (Wildman–Crippen MR) is 157 cm³/mol. The topological polar surface area (TPSA) is 120 Å². The largest absolute Gasteiger partial charge is 0.453 e. The zero-order valence-electron chi connectivity index (χ0n) is 23.1. The Morgan fingerprint density at radius 1 is 1.10 bits per heavy atom. The van der Waals surface area contributed by atoms with Crippen LogP contribution in [0.2, 0.25) is 0 Å². The van der Waals surface area contributed by atoms with Crippen LogP contribution in [-0.4, -0.2) is 50.4 Å². The molecule has 1 fully saturated rings. The van der Waals surface area contributed by atoms with Crippen LogP contribution in [0.25, 0.3) is 22.3 Å². The number of carbonyl (C=O) groups is 1. The maximum atomic E-state index is 13.4. The second-order valence-electron chi connectivity index (χ2n) is 10.9. The highest BCUT2D eigenvalue weighted by atomic mass is 16.7. The van der Waals surface area contributed by atoms with Crippen molar-refractivity contribution in [3.63, 3.8) is 0 Å². The minimum Gasteiger partial charge on any atom is -0.453 e. The first-order valence-corrected chi connectivity index (χ1v) is 14.3. The third-order valence-corrected chi connectivity index (χ3v) is 8.31. The molecule has 2 aliphatic heterocycles. The van der Waals surface area contributed by atoms with E-state index in [4.69, 9.17) is 20.3 Å². The number of allylic oxidation sites excluding steroid dienone is 1. The number of aromatic nitrogens is 4. The van der Waals surface area contributed by atoms with Crippen molar-refractivity contribution in [1.29, 1.82) is 0 Å². The maximum Gasteiger partial charge on any atom is 0.256 e. The quantitative estimate of drug-likeness (QED) is 0.351. The van der Waals surface area contributed by atoms with E-state index >= 15 is 0 Å². The van der Waals surface area contributed by atoms with Gasteiger partial charge in [0.2, 0.25) is 6.79 Å². The van der Waals surface area contributed by atoms with Gasteiger partial charge in [0.05, 0.1) is 17.1 Å².